The van der Waals surface area contributed by atoms with Gasteiger partial charge in [-0.05, 0) is 36.4 Å². The lowest BCUT2D eigenvalue weighted by atomic mass is 10.1. The smallest absolute Gasteiger partial charge is 0.251 e. The van der Waals surface area contributed by atoms with Crippen molar-refractivity contribution in [2.45, 2.75) is 6.54 Å². The highest BCUT2D eigenvalue weighted by molar-refractivity contribution is 9.10. The predicted molar refractivity (Wildman–Crippen MR) is 81.1 cm³/mol. The molecule has 6 heteroatoms. The van der Waals surface area contributed by atoms with Crippen LogP contribution >= 0.6 is 27.5 Å². The Morgan fingerprint density at radius 3 is 2.75 bits per heavy atom. The Kier molecular flexibility index (Phi) is 4.62. The quantitative estimate of drug-likeness (QED) is 0.822. The normalized spacial score (nSPS) is 10.3. The van der Waals surface area contributed by atoms with Crippen LogP contribution < -0.4 is 11.1 Å². The van der Waals surface area contributed by atoms with Gasteiger partial charge in [0.05, 0.1) is 0 Å². The van der Waals surface area contributed by atoms with E-state index < -0.39 is 0 Å². The molecule has 0 aliphatic heterocycles. The number of hydrogen-bond donors (Lipinski definition) is 2. The third-order valence-electron chi connectivity index (χ3n) is 2.63. The fourth-order valence-electron chi connectivity index (χ4n) is 1.70. The molecular formula is C14H11BrClFN2O. The highest BCUT2D eigenvalue weighted by Gasteiger charge is 2.09. The summed E-state index contributed by atoms with van der Waals surface area (Å²) >= 11 is 9.09. The number of nitrogen functional groups attached to an aromatic ring is 1. The number of hydrogen-bond acceptors (Lipinski definition) is 2. The molecule has 0 aromatic heterocycles. The molecule has 0 unspecified atom stereocenters. The summed E-state index contributed by atoms with van der Waals surface area (Å²) in [6.45, 7) is 0.0799. The molecule has 20 heavy (non-hydrogen) atoms. The van der Waals surface area contributed by atoms with E-state index in [1.54, 1.807) is 18.2 Å². The molecule has 2 aromatic rings. The van der Waals surface area contributed by atoms with Gasteiger partial charge in [0.1, 0.15) is 5.82 Å². The molecule has 2 rings (SSSR count). The van der Waals surface area contributed by atoms with Crippen LogP contribution in [0, 0.1) is 5.82 Å². The van der Waals surface area contributed by atoms with Crippen LogP contribution in [0.15, 0.2) is 40.9 Å². The molecule has 0 saturated carbocycles. The Morgan fingerprint density at radius 2 is 2.05 bits per heavy atom. The van der Waals surface area contributed by atoms with Gasteiger partial charge in [0.2, 0.25) is 0 Å². The van der Waals surface area contributed by atoms with E-state index in [2.05, 4.69) is 21.2 Å². The minimum absolute atomic E-state index is 0.0799. The molecule has 0 aliphatic rings. The monoisotopic (exact) mass is 356 g/mol. The minimum Gasteiger partial charge on any atom is -0.399 e. The number of anilines is 1. The zero-order valence-electron chi connectivity index (χ0n) is 10.3. The Balaban J connectivity index is 2.10. The van der Waals surface area contributed by atoms with Gasteiger partial charge in [-0.15, -0.1) is 0 Å². The largest absolute Gasteiger partial charge is 0.399 e. The zero-order valence-corrected chi connectivity index (χ0v) is 12.6. The van der Waals surface area contributed by atoms with Crippen molar-refractivity contribution in [2.75, 3.05) is 5.73 Å². The number of nitrogens with one attached hydrogen (secondary N) is 1. The SMILES string of the molecule is Nc1cc(Cl)cc(C(=O)NCc2cc(Br)ccc2F)c1. The molecule has 0 fully saturated rings. The lowest BCUT2D eigenvalue weighted by molar-refractivity contribution is 0.0950. The Morgan fingerprint density at radius 1 is 1.30 bits per heavy atom. The third-order valence-corrected chi connectivity index (χ3v) is 3.34. The molecule has 3 nitrogen and oxygen atoms in total. The number of amides is 1. The van der Waals surface area contributed by atoms with Crippen molar-refractivity contribution >= 4 is 39.1 Å². The predicted octanol–water partition coefficient (Wildman–Crippen LogP) is 3.75. The van der Waals surface area contributed by atoms with Gasteiger partial charge in [-0.1, -0.05) is 27.5 Å². The average Bonchev–Trinajstić information content (AvgIpc) is 2.38. The average molecular weight is 358 g/mol. The second-order valence-corrected chi connectivity index (χ2v) is 5.54. The second kappa shape index (κ2) is 6.24. The van der Waals surface area contributed by atoms with Crippen molar-refractivity contribution in [2.24, 2.45) is 0 Å². The van der Waals surface area contributed by atoms with Gasteiger partial charge in [-0.25, -0.2) is 4.39 Å². The van der Waals surface area contributed by atoms with E-state index in [9.17, 15) is 9.18 Å². The standard InChI is InChI=1S/C14H11BrClFN2O/c15-10-1-2-13(17)9(3-10)7-19-14(20)8-4-11(16)6-12(18)5-8/h1-6H,7,18H2,(H,19,20). The Labute approximate surface area is 129 Å². The number of rotatable bonds is 3. The van der Waals surface area contributed by atoms with Crippen LogP contribution in [0.1, 0.15) is 15.9 Å². The molecule has 0 heterocycles. The van der Waals surface area contributed by atoms with Crippen LogP contribution in [0.2, 0.25) is 5.02 Å². The van der Waals surface area contributed by atoms with Crippen molar-refractivity contribution in [3.8, 4) is 0 Å². The number of carbonyl (C=O) groups excluding carboxylic acids is 1. The summed E-state index contributed by atoms with van der Waals surface area (Å²) in [5.41, 5.74) is 6.75. The lowest BCUT2D eigenvalue weighted by Crippen LogP contribution is -2.23. The van der Waals surface area contributed by atoms with Gasteiger partial charge in [-0.3, -0.25) is 4.79 Å². The maximum atomic E-state index is 13.5. The molecule has 0 spiro atoms. The third kappa shape index (κ3) is 3.71. The summed E-state index contributed by atoms with van der Waals surface area (Å²) in [6, 6.07) is 9.11. The highest BCUT2D eigenvalue weighted by atomic mass is 79.9. The zero-order chi connectivity index (χ0) is 14.7. The summed E-state index contributed by atoms with van der Waals surface area (Å²) in [5, 5.41) is 3.00. The van der Waals surface area contributed by atoms with E-state index in [0.29, 0.717) is 21.8 Å². The van der Waals surface area contributed by atoms with E-state index in [1.807, 2.05) is 0 Å². The maximum absolute atomic E-state index is 13.5. The molecule has 0 saturated heterocycles. The van der Waals surface area contributed by atoms with E-state index >= 15 is 0 Å². The van der Waals surface area contributed by atoms with Gasteiger partial charge in [0.25, 0.3) is 5.91 Å². The summed E-state index contributed by atoms with van der Waals surface area (Å²) in [4.78, 5) is 12.0. The van der Waals surface area contributed by atoms with Crippen molar-refractivity contribution in [1.82, 2.24) is 5.32 Å². The van der Waals surface area contributed by atoms with E-state index in [0.717, 1.165) is 4.47 Å². The maximum Gasteiger partial charge on any atom is 0.251 e. The number of benzene rings is 2. The van der Waals surface area contributed by atoms with Crippen molar-refractivity contribution in [3.63, 3.8) is 0 Å². The molecular weight excluding hydrogens is 347 g/mol. The first-order valence-corrected chi connectivity index (χ1v) is 6.91. The summed E-state index contributed by atoms with van der Waals surface area (Å²) in [5.74, 6) is -0.738. The van der Waals surface area contributed by atoms with Crippen molar-refractivity contribution < 1.29 is 9.18 Å². The molecule has 1 amide bonds. The summed E-state index contributed by atoms with van der Waals surface area (Å²) < 4.78 is 14.3. The van der Waals surface area contributed by atoms with Gasteiger partial charge in [0, 0.05) is 32.9 Å². The van der Waals surface area contributed by atoms with Crippen molar-refractivity contribution in [3.05, 3.63) is 62.8 Å². The van der Waals surface area contributed by atoms with Gasteiger partial charge >= 0.3 is 0 Å². The fraction of sp³-hybridized carbons (Fsp3) is 0.0714. The molecule has 2 aromatic carbocycles. The first-order chi connectivity index (χ1) is 9.45. The van der Waals surface area contributed by atoms with Crippen LogP contribution in [0.5, 0.6) is 0 Å². The van der Waals surface area contributed by atoms with Gasteiger partial charge < -0.3 is 11.1 Å². The topological polar surface area (TPSA) is 55.1 Å². The number of carbonyl (C=O) groups is 1. The first kappa shape index (κ1) is 14.8. The fourth-order valence-corrected chi connectivity index (χ4v) is 2.35. The van der Waals surface area contributed by atoms with Gasteiger partial charge in [0.15, 0.2) is 0 Å². The van der Waals surface area contributed by atoms with E-state index in [-0.39, 0.29) is 18.3 Å². The lowest BCUT2D eigenvalue weighted by Gasteiger charge is -2.08. The molecule has 0 atom stereocenters. The molecule has 3 N–H and O–H groups in total. The van der Waals surface area contributed by atoms with Crippen LogP contribution in [0.3, 0.4) is 0 Å². The highest BCUT2D eigenvalue weighted by Crippen LogP contribution is 2.18. The first-order valence-electron chi connectivity index (χ1n) is 5.74. The van der Waals surface area contributed by atoms with E-state index in [1.165, 1.54) is 18.2 Å². The molecule has 104 valence electrons. The van der Waals surface area contributed by atoms with Crippen LogP contribution in [-0.4, -0.2) is 5.91 Å². The van der Waals surface area contributed by atoms with Crippen LogP contribution in [-0.2, 0) is 6.54 Å². The number of nitrogens with two attached hydrogens (primary N) is 1. The molecule has 0 radical (unpaired) electrons. The van der Waals surface area contributed by atoms with E-state index in [4.69, 9.17) is 17.3 Å². The Bertz CT molecular complexity index is 643. The molecule has 0 aliphatic carbocycles. The van der Waals surface area contributed by atoms with Crippen LogP contribution in [0.4, 0.5) is 10.1 Å². The second-order valence-electron chi connectivity index (χ2n) is 4.19. The summed E-state index contributed by atoms with van der Waals surface area (Å²) in [6.07, 6.45) is 0. The van der Waals surface area contributed by atoms with Crippen LogP contribution in [0.25, 0.3) is 0 Å². The van der Waals surface area contributed by atoms with Gasteiger partial charge in [-0.2, -0.15) is 0 Å². The Hall–Kier alpha value is -1.59. The number of halogens is 3. The minimum atomic E-state index is -0.376. The summed E-state index contributed by atoms with van der Waals surface area (Å²) in [7, 11) is 0. The van der Waals surface area contributed by atoms with Crippen molar-refractivity contribution in [1.29, 1.82) is 0 Å². The molecule has 0 bridgehead atoms.